The fourth-order valence-corrected chi connectivity index (χ4v) is 0. The van der Waals surface area contributed by atoms with Crippen LogP contribution in [-0.2, 0) is 52.7 Å². The van der Waals surface area contributed by atoms with Crippen LogP contribution in [0.5, 0.6) is 0 Å². The topological polar surface area (TPSA) is 0 Å². The van der Waals surface area contributed by atoms with Crippen LogP contribution in [0.15, 0.2) is 0 Å². The van der Waals surface area contributed by atoms with Gasteiger partial charge in [0.25, 0.3) is 0 Å². The van der Waals surface area contributed by atoms with Crippen molar-refractivity contribution in [2.45, 2.75) is 0 Å². The van der Waals surface area contributed by atoms with Gasteiger partial charge < -0.3 is 11.4 Å². The summed E-state index contributed by atoms with van der Waals surface area (Å²) in [5.41, 5.74) is 0. The average Bonchev–Trinajstić information content (AvgIpc) is 0. The van der Waals surface area contributed by atoms with E-state index in [0.717, 1.165) is 0 Å². The van der Waals surface area contributed by atoms with Crippen molar-refractivity contribution in [1.82, 2.24) is 0 Å². The Balaban J connectivity index is 0. The molecule has 7 heavy (non-hydrogen) atoms. The fourth-order valence-electron chi connectivity index (χ4n) is 0. The van der Waals surface area contributed by atoms with Gasteiger partial charge >= 0.3 is 155 Å². The first-order valence-corrected chi connectivity index (χ1v) is 0. The predicted octanol–water partition coefficient (Wildman–Crippen LogP) is -0.631. The van der Waals surface area contributed by atoms with E-state index in [1.807, 2.05) is 0 Å². The minimum atomic E-state index is 0. The summed E-state index contributed by atoms with van der Waals surface area (Å²) >= 11 is 0. The maximum Gasteiger partial charge on any atom is 2.00 e. The monoisotopic (exact) mass is 479 g/mol. The Morgan fingerprint density at radius 2 is 1.14 bits per heavy atom. The van der Waals surface area contributed by atoms with E-state index in [0.29, 0.717) is 0 Å². The molecule has 0 aliphatic carbocycles. The summed E-state index contributed by atoms with van der Waals surface area (Å²) in [7, 11) is 0. The van der Waals surface area contributed by atoms with Gasteiger partial charge in [0.2, 0.25) is 0 Å². The third-order valence-electron chi connectivity index (χ3n) is 0. The van der Waals surface area contributed by atoms with E-state index in [4.69, 9.17) is 0 Å². The molecule has 0 spiro atoms. The van der Waals surface area contributed by atoms with Crippen molar-refractivity contribution in [1.29, 1.82) is 0 Å². The third-order valence-corrected chi connectivity index (χ3v) is 0. The SMILES string of the molecule is [Ba+2].[Ca+2].[Co].[H-].[H-].[H-].[H-].[H-].[H-].[H-].[H-].[Mg+2].[Ni].[Sr+2].[Zn]. The Hall–Kier alpha value is 6.70. The Morgan fingerprint density at radius 1 is 1.14 bits per heavy atom. The molecule has 0 aliphatic rings. The van der Waals surface area contributed by atoms with E-state index in [9.17, 15) is 0 Å². The summed E-state index contributed by atoms with van der Waals surface area (Å²) in [6.07, 6.45) is 0. The molecule has 0 saturated heterocycles. The van der Waals surface area contributed by atoms with Crippen LogP contribution < -0.4 is 0 Å². The van der Waals surface area contributed by atoms with Gasteiger partial charge in [-0.3, -0.25) is 0 Å². The van der Waals surface area contributed by atoms with Crippen molar-refractivity contribution >= 4 is 155 Å². The van der Waals surface area contributed by atoms with Crippen LogP contribution in [-0.4, -0.2) is 155 Å². The largest absolute Gasteiger partial charge is 2.00 e. The second-order valence-corrected chi connectivity index (χ2v) is 0. The van der Waals surface area contributed by atoms with Gasteiger partial charge in [0.15, 0.2) is 0 Å². The van der Waals surface area contributed by atoms with Crippen molar-refractivity contribution in [3.05, 3.63) is 0 Å². The van der Waals surface area contributed by atoms with Crippen molar-refractivity contribution < 1.29 is 64.2 Å². The van der Waals surface area contributed by atoms with Crippen LogP contribution in [0.3, 0.4) is 0 Å². The first-order valence-electron chi connectivity index (χ1n) is 0. The van der Waals surface area contributed by atoms with Crippen molar-refractivity contribution in [2.24, 2.45) is 0 Å². The first-order chi connectivity index (χ1) is 0. The minimum Gasteiger partial charge on any atom is -1.00 e. The second-order valence-electron chi connectivity index (χ2n) is 0. The molecule has 0 atom stereocenters. The van der Waals surface area contributed by atoms with Gasteiger partial charge in [0, 0.05) is 52.7 Å². The smallest absolute Gasteiger partial charge is 1.00 e. The van der Waals surface area contributed by atoms with E-state index in [-0.39, 0.29) is 219 Å². The predicted molar refractivity (Wildman–Crippen MR) is 31.9 cm³/mol. The molecule has 0 aromatic carbocycles. The van der Waals surface area contributed by atoms with E-state index >= 15 is 0 Å². The first kappa shape index (κ1) is 49.2. The Kier molecular flexibility index (Phi) is 272. The van der Waals surface area contributed by atoms with Crippen LogP contribution in [0, 0.1) is 0 Å². The summed E-state index contributed by atoms with van der Waals surface area (Å²) in [6.45, 7) is 0. The Bertz CT molecular complexity index is 34.6. The molecule has 0 nitrogen and oxygen atoms in total. The van der Waals surface area contributed by atoms with Crippen molar-refractivity contribution in [2.75, 3.05) is 0 Å². The number of hydrogen-bond donors (Lipinski definition) is 0. The van der Waals surface area contributed by atoms with Gasteiger partial charge in [0.1, 0.15) is 0 Å². The van der Waals surface area contributed by atoms with Crippen LogP contribution in [0.2, 0.25) is 0 Å². The zero-order chi connectivity index (χ0) is 0. The van der Waals surface area contributed by atoms with Crippen LogP contribution in [0.25, 0.3) is 0 Å². The van der Waals surface area contributed by atoms with Gasteiger partial charge in [-0.1, -0.05) is 0 Å². The Morgan fingerprint density at radius 3 is 1.14 bits per heavy atom. The maximum absolute atomic E-state index is 0. The molecule has 0 N–H and O–H groups in total. The van der Waals surface area contributed by atoms with Crippen LogP contribution in [0.1, 0.15) is 11.4 Å². The van der Waals surface area contributed by atoms with E-state index in [2.05, 4.69) is 0 Å². The molecule has 7 heteroatoms. The molecule has 0 fully saturated rings. The molecule has 0 rings (SSSR count). The molecule has 0 aromatic heterocycles. The third kappa shape index (κ3) is 32.4. The minimum absolute atomic E-state index is 0. The molecular formula is H8BaCaCoMgNiSrZn. The second kappa shape index (κ2) is 38.7. The van der Waals surface area contributed by atoms with Gasteiger partial charge in [-0.25, -0.2) is 0 Å². The standard InChI is InChI=1S/Ba.Ca.Co.Mg.Ni.Sr.Zn.8H/q2*+2;;+2;;+2;;8*-1. The van der Waals surface area contributed by atoms with Crippen LogP contribution >= 0.6 is 0 Å². The van der Waals surface area contributed by atoms with Crippen molar-refractivity contribution in [3.8, 4) is 0 Å². The van der Waals surface area contributed by atoms with E-state index < -0.39 is 0 Å². The van der Waals surface area contributed by atoms with E-state index in [1.165, 1.54) is 0 Å². The quantitative estimate of drug-likeness (QED) is 0.406. The molecule has 0 saturated carbocycles. The zero-order valence-electron chi connectivity index (χ0n) is 12.2. The molecule has 0 amide bonds. The average molecular weight is 480 g/mol. The van der Waals surface area contributed by atoms with Crippen molar-refractivity contribution in [3.63, 3.8) is 0 Å². The van der Waals surface area contributed by atoms with E-state index in [1.54, 1.807) is 0 Å². The van der Waals surface area contributed by atoms with Gasteiger partial charge in [0.05, 0.1) is 0 Å². The summed E-state index contributed by atoms with van der Waals surface area (Å²) in [6, 6.07) is 0. The molecule has 0 unspecified atom stereocenters. The summed E-state index contributed by atoms with van der Waals surface area (Å²) in [4.78, 5) is 0. The molecular weight excluding hydrogens is 472 g/mol. The normalized spacial score (nSPS) is 0. The molecule has 0 aromatic rings. The van der Waals surface area contributed by atoms with Gasteiger partial charge in [-0.2, -0.15) is 0 Å². The summed E-state index contributed by atoms with van der Waals surface area (Å²) in [5, 5.41) is 0. The molecule has 0 heterocycles. The summed E-state index contributed by atoms with van der Waals surface area (Å²) in [5.74, 6) is 0. The summed E-state index contributed by atoms with van der Waals surface area (Å²) < 4.78 is 0. The van der Waals surface area contributed by atoms with Gasteiger partial charge in [-0.15, -0.1) is 0 Å². The Labute approximate surface area is 213 Å². The molecule has 0 aliphatic heterocycles. The number of rotatable bonds is 0. The molecule has 0 bridgehead atoms. The van der Waals surface area contributed by atoms with Crippen LogP contribution in [0.4, 0.5) is 0 Å². The number of hydrogen-bond acceptors (Lipinski definition) is 0. The molecule has 37 valence electrons. The fraction of sp³-hybridized carbons (Fsp3) is 0. The molecule has 1 radical (unpaired) electrons. The van der Waals surface area contributed by atoms with Gasteiger partial charge in [-0.05, 0) is 0 Å². The zero-order valence-corrected chi connectivity index (χ0v) is 20.7. The maximum atomic E-state index is 0.